The number of nitrogens with zero attached hydrogens (tertiary/aromatic N) is 2. The van der Waals surface area contributed by atoms with Crippen LogP contribution in [0.5, 0.6) is 0 Å². The van der Waals surface area contributed by atoms with Gasteiger partial charge < -0.3 is 5.32 Å². The van der Waals surface area contributed by atoms with Crippen molar-refractivity contribution in [2.75, 3.05) is 13.1 Å². The molecule has 2 heterocycles. The molecule has 1 aliphatic rings. The van der Waals surface area contributed by atoms with Gasteiger partial charge in [0.1, 0.15) is 0 Å². The second-order valence-electron chi connectivity index (χ2n) is 6.17. The maximum Gasteiger partial charge on any atom is 0.0705 e. The van der Waals surface area contributed by atoms with Crippen LogP contribution in [0.2, 0.25) is 0 Å². The van der Waals surface area contributed by atoms with Gasteiger partial charge in [-0.1, -0.05) is 31.5 Å². The summed E-state index contributed by atoms with van der Waals surface area (Å²) in [7, 11) is 0. The number of hydrogen-bond donors (Lipinski definition) is 1. The van der Waals surface area contributed by atoms with Crippen molar-refractivity contribution in [2.45, 2.75) is 45.3 Å². The fourth-order valence-electron chi connectivity index (χ4n) is 3.35. The minimum absolute atomic E-state index is 0.575. The highest BCUT2D eigenvalue weighted by molar-refractivity contribution is 5.81. The van der Waals surface area contributed by atoms with Gasteiger partial charge in [0.25, 0.3) is 0 Å². The molecule has 1 fully saturated rings. The predicted octanol–water partition coefficient (Wildman–Crippen LogP) is 3.20. The van der Waals surface area contributed by atoms with Crippen molar-refractivity contribution in [2.24, 2.45) is 0 Å². The average molecular weight is 283 g/mol. The van der Waals surface area contributed by atoms with Gasteiger partial charge in [-0.15, -0.1) is 0 Å². The van der Waals surface area contributed by atoms with Crippen molar-refractivity contribution in [1.29, 1.82) is 0 Å². The molecule has 0 radical (unpaired) electrons. The van der Waals surface area contributed by atoms with Crippen molar-refractivity contribution < 1.29 is 0 Å². The molecule has 0 saturated carbocycles. The zero-order valence-corrected chi connectivity index (χ0v) is 13.0. The second-order valence-corrected chi connectivity index (χ2v) is 6.17. The standard InChI is InChI=1S/C18H25N3/c1-3-6-16-11-20-14(2)12-21(16)13-15-9-10-19-18-8-5-4-7-17(15)18/h4-5,7-10,14,16,20H,3,6,11-13H2,1-2H3. The summed E-state index contributed by atoms with van der Waals surface area (Å²) in [5, 5.41) is 4.91. The zero-order chi connectivity index (χ0) is 14.7. The first-order chi connectivity index (χ1) is 10.3. The quantitative estimate of drug-likeness (QED) is 0.934. The Morgan fingerprint density at radius 2 is 2.14 bits per heavy atom. The SMILES string of the molecule is CCCC1CNC(C)CN1Cc1ccnc2ccccc12. The summed E-state index contributed by atoms with van der Waals surface area (Å²) < 4.78 is 0. The number of fused-ring (bicyclic) bond motifs is 1. The molecule has 1 aromatic carbocycles. The van der Waals surface area contributed by atoms with Crippen LogP contribution in [0, 0.1) is 0 Å². The zero-order valence-electron chi connectivity index (χ0n) is 13.0. The number of piperazine rings is 1. The molecule has 1 N–H and O–H groups in total. The molecular weight excluding hydrogens is 258 g/mol. The first kappa shape index (κ1) is 14.5. The summed E-state index contributed by atoms with van der Waals surface area (Å²) in [6.45, 7) is 7.82. The molecule has 3 heteroatoms. The maximum absolute atomic E-state index is 4.47. The molecule has 0 aliphatic carbocycles. The average Bonchev–Trinajstić information content (AvgIpc) is 2.50. The molecule has 3 nitrogen and oxygen atoms in total. The van der Waals surface area contributed by atoms with Crippen LogP contribution in [-0.2, 0) is 6.54 Å². The van der Waals surface area contributed by atoms with Gasteiger partial charge in [0, 0.05) is 43.3 Å². The molecule has 2 atom stereocenters. The molecule has 2 unspecified atom stereocenters. The van der Waals surface area contributed by atoms with E-state index in [0.717, 1.165) is 25.2 Å². The first-order valence-electron chi connectivity index (χ1n) is 8.08. The van der Waals surface area contributed by atoms with Gasteiger partial charge in [-0.3, -0.25) is 9.88 Å². The normalized spacial score (nSPS) is 23.5. The van der Waals surface area contributed by atoms with Crippen LogP contribution in [0.25, 0.3) is 10.9 Å². The number of pyridine rings is 1. The Morgan fingerprint density at radius 1 is 1.29 bits per heavy atom. The topological polar surface area (TPSA) is 28.2 Å². The lowest BCUT2D eigenvalue weighted by Gasteiger charge is -2.39. The molecule has 21 heavy (non-hydrogen) atoms. The van der Waals surface area contributed by atoms with Crippen LogP contribution in [0.1, 0.15) is 32.3 Å². The van der Waals surface area contributed by atoms with Crippen LogP contribution in [0.15, 0.2) is 36.5 Å². The number of hydrogen-bond acceptors (Lipinski definition) is 3. The Hall–Kier alpha value is -1.45. The molecule has 112 valence electrons. The number of benzene rings is 1. The van der Waals surface area contributed by atoms with E-state index in [0.29, 0.717) is 12.1 Å². The van der Waals surface area contributed by atoms with Gasteiger partial charge >= 0.3 is 0 Å². The van der Waals surface area contributed by atoms with Crippen LogP contribution in [0.4, 0.5) is 0 Å². The molecule has 1 aliphatic heterocycles. The van der Waals surface area contributed by atoms with Gasteiger partial charge in [-0.25, -0.2) is 0 Å². The van der Waals surface area contributed by atoms with Crippen molar-refractivity contribution >= 4 is 10.9 Å². The molecule has 1 aromatic heterocycles. The monoisotopic (exact) mass is 283 g/mol. The largest absolute Gasteiger partial charge is 0.311 e. The minimum Gasteiger partial charge on any atom is -0.311 e. The Balaban J connectivity index is 1.85. The Labute approximate surface area is 127 Å². The molecular formula is C18H25N3. The lowest BCUT2D eigenvalue weighted by Crippen LogP contribution is -2.54. The van der Waals surface area contributed by atoms with Crippen molar-refractivity contribution in [3.05, 3.63) is 42.1 Å². The van der Waals surface area contributed by atoms with E-state index in [-0.39, 0.29) is 0 Å². The van der Waals surface area contributed by atoms with Gasteiger partial charge in [0.05, 0.1) is 5.52 Å². The molecule has 3 rings (SSSR count). The predicted molar refractivity (Wildman–Crippen MR) is 88.3 cm³/mol. The van der Waals surface area contributed by atoms with Gasteiger partial charge in [-0.2, -0.15) is 0 Å². The summed E-state index contributed by atoms with van der Waals surface area (Å²) in [4.78, 5) is 7.12. The van der Waals surface area contributed by atoms with Gasteiger partial charge in [-0.05, 0) is 31.0 Å². The van der Waals surface area contributed by atoms with Gasteiger partial charge in [0.15, 0.2) is 0 Å². The highest BCUT2D eigenvalue weighted by Crippen LogP contribution is 2.21. The summed E-state index contributed by atoms with van der Waals surface area (Å²) in [6.07, 6.45) is 4.45. The van der Waals surface area contributed by atoms with Gasteiger partial charge in [0.2, 0.25) is 0 Å². The van der Waals surface area contributed by atoms with E-state index in [1.54, 1.807) is 0 Å². The fraction of sp³-hybridized carbons (Fsp3) is 0.500. The maximum atomic E-state index is 4.47. The van der Waals surface area contributed by atoms with E-state index >= 15 is 0 Å². The number of rotatable bonds is 4. The third-order valence-corrected chi connectivity index (χ3v) is 4.46. The molecule has 2 aromatic rings. The third-order valence-electron chi connectivity index (χ3n) is 4.46. The highest BCUT2D eigenvalue weighted by Gasteiger charge is 2.25. The minimum atomic E-state index is 0.575. The fourth-order valence-corrected chi connectivity index (χ4v) is 3.35. The van der Waals surface area contributed by atoms with E-state index in [9.17, 15) is 0 Å². The Morgan fingerprint density at radius 3 is 3.00 bits per heavy atom. The summed E-state index contributed by atoms with van der Waals surface area (Å²) in [5.41, 5.74) is 2.50. The molecule has 0 amide bonds. The number of para-hydroxylation sites is 1. The smallest absolute Gasteiger partial charge is 0.0705 e. The lowest BCUT2D eigenvalue weighted by atomic mass is 10.0. The summed E-state index contributed by atoms with van der Waals surface area (Å²) in [5.74, 6) is 0. The summed E-state index contributed by atoms with van der Waals surface area (Å²) in [6, 6.07) is 11.9. The van der Waals surface area contributed by atoms with Crippen LogP contribution >= 0.6 is 0 Å². The van der Waals surface area contributed by atoms with E-state index in [4.69, 9.17) is 0 Å². The second kappa shape index (κ2) is 6.54. The van der Waals surface area contributed by atoms with Crippen LogP contribution in [-0.4, -0.2) is 35.1 Å². The van der Waals surface area contributed by atoms with E-state index in [1.807, 2.05) is 6.20 Å². The first-order valence-corrected chi connectivity index (χ1v) is 8.08. The van der Waals surface area contributed by atoms with Crippen molar-refractivity contribution in [1.82, 2.24) is 15.2 Å². The lowest BCUT2D eigenvalue weighted by molar-refractivity contribution is 0.120. The van der Waals surface area contributed by atoms with E-state index < -0.39 is 0 Å². The third kappa shape index (κ3) is 3.25. The molecule has 0 spiro atoms. The van der Waals surface area contributed by atoms with E-state index in [2.05, 4.69) is 59.4 Å². The van der Waals surface area contributed by atoms with Crippen LogP contribution in [0.3, 0.4) is 0 Å². The van der Waals surface area contributed by atoms with Crippen LogP contribution < -0.4 is 5.32 Å². The molecule has 1 saturated heterocycles. The van der Waals surface area contributed by atoms with Crippen molar-refractivity contribution in [3.8, 4) is 0 Å². The highest BCUT2D eigenvalue weighted by atomic mass is 15.2. The van der Waals surface area contributed by atoms with E-state index in [1.165, 1.54) is 23.8 Å². The number of nitrogens with one attached hydrogen (secondary N) is 1. The Bertz CT molecular complexity index is 591. The molecule has 0 bridgehead atoms. The summed E-state index contributed by atoms with van der Waals surface area (Å²) >= 11 is 0. The Kier molecular flexibility index (Phi) is 4.51. The number of aromatic nitrogens is 1. The van der Waals surface area contributed by atoms with Crippen molar-refractivity contribution in [3.63, 3.8) is 0 Å².